The van der Waals surface area contributed by atoms with Crippen LogP contribution in [0.4, 0.5) is 0 Å². The highest BCUT2D eigenvalue weighted by Crippen LogP contribution is 2.34. The summed E-state index contributed by atoms with van der Waals surface area (Å²) in [5.41, 5.74) is 4.68. The summed E-state index contributed by atoms with van der Waals surface area (Å²) in [7, 11) is 0. The lowest BCUT2D eigenvalue weighted by Crippen LogP contribution is -2.31. The van der Waals surface area contributed by atoms with Crippen LogP contribution in [0, 0.1) is 11.3 Å². The fourth-order valence-electron chi connectivity index (χ4n) is 2.06. The van der Waals surface area contributed by atoms with E-state index >= 15 is 0 Å². The van der Waals surface area contributed by atoms with Gasteiger partial charge in [0.15, 0.2) is 10.9 Å². The average Bonchev–Trinajstić information content (AvgIpc) is 2.61. The Bertz CT molecular complexity index is 842. The molecule has 0 aliphatic carbocycles. The van der Waals surface area contributed by atoms with Crippen LogP contribution in [0.25, 0.3) is 0 Å². The highest BCUT2D eigenvalue weighted by Gasteiger charge is 2.11. The van der Waals surface area contributed by atoms with E-state index in [0.717, 1.165) is 5.56 Å². The Labute approximate surface area is 167 Å². The minimum atomic E-state index is 0.190. The summed E-state index contributed by atoms with van der Waals surface area (Å²) in [4.78, 5) is 0. The molecule has 0 radical (unpaired) electrons. The van der Waals surface area contributed by atoms with Crippen LogP contribution in [-0.4, -0.2) is 17.9 Å². The van der Waals surface area contributed by atoms with Gasteiger partial charge >= 0.3 is 0 Å². The maximum Gasteiger partial charge on any atom is 0.186 e. The smallest absolute Gasteiger partial charge is 0.186 e. The zero-order valence-corrected chi connectivity index (χ0v) is 16.3. The molecule has 26 heavy (non-hydrogen) atoms. The summed E-state index contributed by atoms with van der Waals surface area (Å²) in [6, 6.07) is 12.7. The molecule has 0 aliphatic rings. The van der Waals surface area contributed by atoms with E-state index in [-0.39, 0.29) is 6.61 Å². The van der Waals surface area contributed by atoms with Crippen LogP contribution < -0.4 is 15.5 Å². The number of ether oxygens (including phenoxy) is 1. The Kier molecular flexibility index (Phi) is 7.67. The van der Waals surface area contributed by atoms with Crippen molar-refractivity contribution in [1.82, 2.24) is 10.7 Å². The van der Waals surface area contributed by atoms with E-state index in [1.54, 1.807) is 30.5 Å². The average molecular weight is 407 g/mol. The van der Waals surface area contributed by atoms with Crippen molar-refractivity contribution in [2.24, 2.45) is 5.10 Å². The number of hydrogen-bond acceptors (Lipinski definition) is 4. The summed E-state index contributed by atoms with van der Waals surface area (Å²) < 4.78 is 5.72. The number of nitrogens with one attached hydrogen (secondary N) is 2. The fourth-order valence-corrected chi connectivity index (χ4v) is 2.87. The monoisotopic (exact) mass is 406 g/mol. The quantitative estimate of drug-likeness (QED) is 0.425. The second-order valence-corrected chi connectivity index (χ2v) is 6.32. The zero-order valence-electron chi connectivity index (χ0n) is 13.9. The van der Waals surface area contributed by atoms with Gasteiger partial charge in [-0.2, -0.15) is 10.4 Å². The predicted molar refractivity (Wildman–Crippen MR) is 109 cm³/mol. The zero-order chi connectivity index (χ0) is 18.9. The van der Waals surface area contributed by atoms with E-state index in [1.165, 1.54) is 0 Å². The largest absolute Gasteiger partial charge is 0.486 e. The maximum atomic E-state index is 9.12. The first-order valence-electron chi connectivity index (χ1n) is 7.72. The topological polar surface area (TPSA) is 69.4 Å². The van der Waals surface area contributed by atoms with Gasteiger partial charge in [-0.3, -0.25) is 5.43 Å². The molecule has 0 heterocycles. The minimum Gasteiger partial charge on any atom is -0.486 e. The third kappa shape index (κ3) is 5.60. The van der Waals surface area contributed by atoms with Gasteiger partial charge in [-0.05, 0) is 42.9 Å². The van der Waals surface area contributed by atoms with Gasteiger partial charge in [0.05, 0.1) is 27.9 Å². The highest BCUT2D eigenvalue weighted by atomic mass is 35.5. The second kappa shape index (κ2) is 9.97. The molecular formula is C18H16Cl2N4OS. The van der Waals surface area contributed by atoms with Gasteiger partial charge in [0.1, 0.15) is 6.61 Å². The van der Waals surface area contributed by atoms with Crippen molar-refractivity contribution in [3.05, 3.63) is 63.1 Å². The van der Waals surface area contributed by atoms with Gasteiger partial charge in [-0.25, -0.2) is 0 Å². The molecule has 5 nitrogen and oxygen atoms in total. The number of hydrazone groups is 1. The lowest BCUT2D eigenvalue weighted by Gasteiger charge is -2.11. The van der Waals surface area contributed by atoms with Crippen LogP contribution >= 0.6 is 35.4 Å². The number of nitriles is 1. The number of hydrogen-bond donors (Lipinski definition) is 2. The highest BCUT2D eigenvalue weighted by molar-refractivity contribution is 7.80. The second-order valence-electron chi connectivity index (χ2n) is 5.10. The summed E-state index contributed by atoms with van der Waals surface area (Å²) >= 11 is 17.6. The predicted octanol–water partition coefficient (Wildman–Crippen LogP) is 4.26. The van der Waals surface area contributed by atoms with Crippen molar-refractivity contribution in [3.63, 3.8) is 0 Å². The first kappa shape index (κ1) is 20.0. The van der Waals surface area contributed by atoms with Crippen LogP contribution in [0.15, 0.2) is 41.5 Å². The Morgan fingerprint density at radius 3 is 2.65 bits per heavy atom. The van der Waals surface area contributed by atoms with Crippen LogP contribution in [0.3, 0.4) is 0 Å². The molecule has 0 aromatic heterocycles. The fraction of sp³-hybridized carbons (Fsp3) is 0.167. The molecule has 134 valence electrons. The van der Waals surface area contributed by atoms with Crippen LogP contribution in [0.1, 0.15) is 23.6 Å². The van der Waals surface area contributed by atoms with Gasteiger partial charge in [0.25, 0.3) is 0 Å². The Morgan fingerprint density at radius 1 is 1.31 bits per heavy atom. The SMILES string of the molecule is CCNC(=S)N/N=C\c1cc(Cl)c(OCc2ccccc2C#N)c(Cl)c1. The molecular weight excluding hydrogens is 391 g/mol. The number of nitrogens with zero attached hydrogens (tertiary/aromatic N) is 2. The molecule has 0 fully saturated rings. The van der Waals surface area contributed by atoms with Gasteiger partial charge in [0, 0.05) is 12.1 Å². The van der Waals surface area contributed by atoms with Gasteiger partial charge in [-0.1, -0.05) is 41.4 Å². The molecule has 0 spiro atoms. The van der Waals surface area contributed by atoms with Gasteiger partial charge in [0.2, 0.25) is 0 Å². The van der Waals surface area contributed by atoms with Crippen LogP contribution in [-0.2, 0) is 6.61 Å². The van der Waals surface area contributed by atoms with Crippen molar-refractivity contribution >= 4 is 46.7 Å². The molecule has 2 N–H and O–H groups in total. The molecule has 2 rings (SSSR count). The Balaban J connectivity index is 2.08. The summed E-state index contributed by atoms with van der Waals surface area (Å²) in [6.07, 6.45) is 1.55. The first-order chi connectivity index (χ1) is 12.5. The van der Waals surface area contributed by atoms with Crippen molar-refractivity contribution in [3.8, 4) is 11.8 Å². The Hall–Kier alpha value is -2.33. The number of benzene rings is 2. The maximum absolute atomic E-state index is 9.12. The van der Waals surface area contributed by atoms with E-state index in [2.05, 4.69) is 21.9 Å². The van der Waals surface area contributed by atoms with Crippen molar-refractivity contribution in [2.75, 3.05) is 6.54 Å². The van der Waals surface area contributed by atoms with E-state index < -0.39 is 0 Å². The van der Waals surface area contributed by atoms with Gasteiger partial charge in [-0.15, -0.1) is 0 Å². The van der Waals surface area contributed by atoms with Crippen molar-refractivity contribution in [1.29, 1.82) is 5.26 Å². The third-order valence-electron chi connectivity index (χ3n) is 3.25. The lowest BCUT2D eigenvalue weighted by atomic mass is 10.1. The molecule has 0 amide bonds. The normalized spacial score (nSPS) is 10.4. The van der Waals surface area contributed by atoms with E-state index in [9.17, 15) is 0 Å². The summed E-state index contributed by atoms with van der Waals surface area (Å²) in [6.45, 7) is 2.83. The molecule has 0 bridgehead atoms. The minimum absolute atomic E-state index is 0.190. The molecule has 0 saturated heterocycles. The van der Waals surface area contributed by atoms with Crippen LogP contribution in [0.2, 0.25) is 10.0 Å². The molecule has 0 unspecified atom stereocenters. The summed E-state index contributed by atoms with van der Waals surface area (Å²) in [5, 5.41) is 17.2. The van der Waals surface area contributed by atoms with Crippen LogP contribution in [0.5, 0.6) is 5.75 Å². The molecule has 2 aromatic rings. The molecule has 0 aliphatic heterocycles. The molecule has 8 heteroatoms. The van der Waals surface area contributed by atoms with E-state index in [4.69, 9.17) is 45.4 Å². The molecule has 0 atom stereocenters. The number of rotatable bonds is 6. The third-order valence-corrected chi connectivity index (χ3v) is 4.04. The lowest BCUT2D eigenvalue weighted by molar-refractivity contribution is 0.306. The standard InChI is InChI=1S/C18H16Cl2N4OS/c1-2-22-18(26)24-23-10-12-7-15(19)17(16(20)8-12)25-11-14-6-4-3-5-13(14)9-21/h3-8,10H,2,11H2,1H3,(H2,22,24,26)/b23-10-. The Morgan fingerprint density at radius 2 is 2.00 bits per heavy atom. The van der Waals surface area contributed by atoms with Crippen molar-refractivity contribution in [2.45, 2.75) is 13.5 Å². The van der Waals surface area contributed by atoms with Gasteiger partial charge < -0.3 is 10.1 Å². The van der Waals surface area contributed by atoms with E-state index in [1.807, 2.05) is 19.1 Å². The summed E-state index contributed by atoms with van der Waals surface area (Å²) in [5.74, 6) is 0.356. The number of halogens is 2. The molecule has 2 aromatic carbocycles. The number of thiocarbonyl (C=S) groups is 1. The van der Waals surface area contributed by atoms with E-state index in [0.29, 0.717) is 38.6 Å². The molecule has 0 saturated carbocycles. The van der Waals surface area contributed by atoms with Crippen molar-refractivity contribution < 1.29 is 4.74 Å². The first-order valence-corrected chi connectivity index (χ1v) is 8.88.